The minimum Gasteiger partial charge on any atom is -0.445 e. The summed E-state index contributed by atoms with van der Waals surface area (Å²) < 4.78 is 24.2. The van der Waals surface area contributed by atoms with E-state index < -0.39 is 17.5 Å². The summed E-state index contributed by atoms with van der Waals surface area (Å²) in [6, 6.07) is 18.5. The van der Waals surface area contributed by atoms with E-state index in [0.717, 1.165) is 5.56 Å². The largest absolute Gasteiger partial charge is 0.445 e. The molecule has 2 heterocycles. The molecule has 0 unspecified atom stereocenters. The highest BCUT2D eigenvalue weighted by atomic mass is 19.1. The SMILES string of the molecule is CC(C)(NC(=O)OCc1ccccc1)C(=O)Nc1ccnc(C(=N)/C=C(\NCc2ccccc2F)c2ccon2)n1. The molecule has 0 atom stereocenters. The zero-order chi connectivity index (χ0) is 29.2. The molecule has 0 radical (unpaired) electrons. The Morgan fingerprint density at radius 3 is 2.56 bits per heavy atom. The van der Waals surface area contributed by atoms with Gasteiger partial charge in [0.2, 0.25) is 0 Å². The van der Waals surface area contributed by atoms with Gasteiger partial charge in [0, 0.05) is 24.4 Å². The van der Waals surface area contributed by atoms with Crippen molar-refractivity contribution in [3.63, 3.8) is 0 Å². The molecule has 0 aliphatic carbocycles. The first-order valence-electron chi connectivity index (χ1n) is 12.5. The van der Waals surface area contributed by atoms with E-state index in [2.05, 4.69) is 31.1 Å². The zero-order valence-corrected chi connectivity index (χ0v) is 22.3. The van der Waals surface area contributed by atoms with Gasteiger partial charge in [-0.05, 0) is 37.6 Å². The van der Waals surface area contributed by atoms with Crippen LogP contribution in [0.15, 0.2) is 89.8 Å². The molecule has 0 aliphatic rings. The number of carbonyl (C=O) groups is 2. The Kier molecular flexibility index (Phi) is 9.15. The minimum absolute atomic E-state index is 0.00419. The van der Waals surface area contributed by atoms with Gasteiger partial charge in [-0.15, -0.1) is 0 Å². The molecule has 210 valence electrons. The van der Waals surface area contributed by atoms with Crippen LogP contribution in [0.25, 0.3) is 5.70 Å². The Morgan fingerprint density at radius 1 is 1.07 bits per heavy atom. The van der Waals surface area contributed by atoms with Crippen molar-refractivity contribution < 1.29 is 23.2 Å². The van der Waals surface area contributed by atoms with E-state index in [4.69, 9.17) is 14.7 Å². The van der Waals surface area contributed by atoms with Crippen LogP contribution < -0.4 is 16.0 Å². The van der Waals surface area contributed by atoms with Gasteiger partial charge >= 0.3 is 6.09 Å². The number of rotatable bonds is 11. The first kappa shape index (κ1) is 28.6. The molecule has 0 fully saturated rings. The Morgan fingerprint density at radius 2 is 1.83 bits per heavy atom. The fraction of sp³-hybridized carbons (Fsp3) is 0.172. The molecule has 0 aliphatic heterocycles. The minimum atomic E-state index is -1.34. The lowest BCUT2D eigenvalue weighted by Crippen LogP contribution is -2.52. The summed E-state index contributed by atoms with van der Waals surface area (Å²) in [5.41, 5.74) is 0.552. The highest BCUT2D eigenvalue weighted by molar-refractivity contribution is 6.08. The van der Waals surface area contributed by atoms with Crippen LogP contribution in [-0.2, 0) is 22.7 Å². The second kappa shape index (κ2) is 13.1. The molecule has 11 nitrogen and oxygen atoms in total. The fourth-order valence-electron chi connectivity index (χ4n) is 3.51. The van der Waals surface area contributed by atoms with E-state index in [1.165, 1.54) is 44.5 Å². The zero-order valence-electron chi connectivity index (χ0n) is 22.3. The summed E-state index contributed by atoms with van der Waals surface area (Å²) in [7, 11) is 0. The Bertz CT molecular complexity index is 1540. The molecule has 0 saturated heterocycles. The Hall–Kier alpha value is -5.39. The van der Waals surface area contributed by atoms with Gasteiger partial charge in [-0.3, -0.25) is 10.2 Å². The molecule has 41 heavy (non-hydrogen) atoms. The molecule has 2 amide bonds. The number of alkyl carbamates (subject to hydrolysis) is 1. The van der Waals surface area contributed by atoms with Gasteiger partial charge in [0.15, 0.2) is 5.82 Å². The van der Waals surface area contributed by atoms with Crippen molar-refractivity contribution in [2.24, 2.45) is 0 Å². The number of ether oxygens (including phenoxy) is 1. The number of nitrogens with one attached hydrogen (secondary N) is 4. The molecule has 0 bridgehead atoms. The summed E-state index contributed by atoms with van der Waals surface area (Å²) in [4.78, 5) is 33.6. The number of hydrogen-bond donors (Lipinski definition) is 4. The molecular weight excluding hydrogens is 529 g/mol. The third kappa shape index (κ3) is 8.05. The van der Waals surface area contributed by atoms with Crippen molar-refractivity contribution in [2.45, 2.75) is 32.5 Å². The first-order chi connectivity index (χ1) is 19.7. The van der Waals surface area contributed by atoms with E-state index in [-0.39, 0.29) is 36.3 Å². The average Bonchev–Trinajstić information content (AvgIpc) is 3.50. The summed E-state index contributed by atoms with van der Waals surface area (Å²) in [6.07, 6.45) is 3.43. The predicted octanol–water partition coefficient (Wildman–Crippen LogP) is 4.45. The maximum absolute atomic E-state index is 14.1. The van der Waals surface area contributed by atoms with E-state index in [0.29, 0.717) is 17.0 Å². The van der Waals surface area contributed by atoms with E-state index >= 15 is 0 Å². The van der Waals surface area contributed by atoms with Crippen LogP contribution in [0.5, 0.6) is 0 Å². The van der Waals surface area contributed by atoms with Crippen LogP contribution in [0.4, 0.5) is 15.0 Å². The van der Waals surface area contributed by atoms with Crippen molar-refractivity contribution in [1.82, 2.24) is 25.8 Å². The van der Waals surface area contributed by atoms with Gasteiger partial charge in [0.1, 0.15) is 41.4 Å². The highest BCUT2D eigenvalue weighted by Gasteiger charge is 2.30. The average molecular weight is 558 g/mol. The number of carbonyl (C=O) groups excluding carboxylic acids is 2. The Labute approximate surface area is 235 Å². The second-order valence-corrected chi connectivity index (χ2v) is 9.33. The van der Waals surface area contributed by atoms with Crippen molar-refractivity contribution in [1.29, 1.82) is 5.41 Å². The molecule has 0 spiro atoms. The fourth-order valence-corrected chi connectivity index (χ4v) is 3.51. The van der Waals surface area contributed by atoms with Crippen molar-refractivity contribution in [3.8, 4) is 0 Å². The van der Waals surface area contributed by atoms with Crippen LogP contribution in [0.2, 0.25) is 0 Å². The number of amides is 2. The molecule has 0 saturated carbocycles. The normalized spacial score (nSPS) is 11.4. The summed E-state index contributed by atoms with van der Waals surface area (Å²) >= 11 is 0. The summed E-state index contributed by atoms with van der Waals surface area (Å²) in [6.45, 7) is 3.22. The van der Waals surface area contributed by atoms with E-state index in [9.17, 15) is 14.0 Å². The lowest BCUT2D eigenvalue weighted by atomic mass is 10.1. The molecular formula is C29H28FN7O4. The number of hydrogen-bond acceptors (Lipinski definition) is 9. The Balaban J connectivity index is 1.41. The predicted molar refractivity (Wildman–Crippen MR) is 149 cm³/mol. The third-order valence-electron chi connectivity index (χ3n) is 5.76. The van der Waals surface area contributed by atoms with Crippen LogP contribution in [0.1, 0.15) is 36.5 Å². The summed E-state index contributed by atoms with van der Waals surface area (Å²) in [5, 5.41) is 20.7. The molecule has 12 heteroatoms. The standard InChI is InChI=1S/C29H28FN7O4/c1-29(2,36-28(39)40-18-19-8-4-3-5-9-19)27(38)35-25-12-14-32-26(34-25)22(31)16-24(23-13-15-41-37-23)33-17-20-10-6-7-11-21(20)30/h3-16,31,33H,17-18H2,1-2H3,(H,36,39)(H,32,34,35,38)/b24-16-,31-22?. The highest BCUT2D eigenvalue weighted by Crippen LogP contribution is 2.15. The third-order valence-corrected chi connectivity index (χ3v) is 5.76. The lowest BCUT2D eigenvalue weighted by Gasteiger charge is -2.24. The lowest BCUT2D eigenvalue weighted by molar-refractivity contribution is -0.121. The number of halogens is 1. The topological polar surface area (TPSA) is 155 Å². The van der Waals surface area contributed by atoms with Crippen LogP contribution in [-0.4, -0.2) is 38.4 Å². The second-order valence-electron chi connectivity index (χ2n) is 9.33. The van der Waals surface area contributed by atoms with Gasteiger partial charge in [-0.1, -0.05) is 53.7 Å². The van der Waals surface area contributed by atoms with Gasteiger partial charge in [0.25, 0.3) is 5.91 Å². The first-order valence-corrected chi connectivity index (χ1v) is 12.5. The van der Waals surface area contributed by atoms with Gasteiger partial charge < -0.3 is 25.2 Å². The number of nitrogens with zero attached hydrogens (tertiary/aromatic N) is 3. The molecule has 4 rings (SSSR count). The number of anilines is 1. The van der Waals surface area contributed by atoms with Crippen molar-refractivity contribution >= 4 is 29.2 Å². The van der Waals surface area contributed by atoms with Crippen molar-refractivity contribution in [2.75, 3.05) is 5.32 Å². The monoisotopic (exact) mass is 557 g/mol. The smallest absolute Gasteiger partial charge is 0.408 e. The number of allylic oxidation sites excluding steroid dienone is 1. The van der Waals surface area contributed by atoms with Gasteiger partial charge in [0.05, 0.1) is 5.70 Å². The maximum atomic E-state index is 14.1. The van der Waals surface area contributed by atoms with Crippen LogP contribution in [0, 0.1) is 11.2 Å². The molecule has 2 aromatic carbocycles. The quantitative estimate of drug-likeness (QED) is 0.197. The van der Waals surface area contributed by atoms with Gasteiger partial charge in [-0.25, -0.2) is 19.2 Å². The number of aromatic nitrogens is 3. The molecule has 2 aromatic heterocycles. The van der Waals surface area contributed by atoms with Crippen LogP contribution in [0.3, 0.4) is 0 Å². The van der Waals surface area contributed by atoms with E-state index in [1.54, 1.807) is 24.3 Å². The van der Waals surface area contributed by atoms with Crippen molar-refractivity contribution in [3.05, 3.63) is 114 Å². The molecule has 4 aromatic rings. The molecule has 4 N–H and O–H groups in total. The number of benzene rings is 2. The van der Waals surface area contributed by atoms with E-state index in [1.807, 2.05) is 30.3 Å². The van der Waals surface area contributed by atoms with Crippen LogP contribution >= 0.6 is 0 Å². The van der Waals surface area contributed by atoms with Gasteiger partial charge in [-0.2, -0.15) is 0 Å². The maximum Gasteiger partial charge on any atom is 0.408 e. The summed E-state index contributed by atoms with van der Waals surface area (Å²) in [5.74, 6) is -0.809.